The van der Waals surface area contributed by atoms with Gasteiger partial charge in [0.05, 0.1) is 38.9 Å². The quantitative estimate of drug-likeness (QED) is 0.264. The highest BCUT2D eigenvalue weighted by Crippen LogP contribution is 2.37. The Morgan fingerprint density at radius 1 is 0.975 bits per heavy atom. The zero-order chi connectivity index (χ0) is 27.6. The molecule has 3 aromatic carbocycles. The maximum atomic E-state index is 12.5. The van der Waals surface area contributed by atoms with Crippen molar-refractivity contribution in [2.45, 2.75) is 19.4 Å². The van der Waals surface area contributed by atoms with Crippen LogP contribution in [0.1, 0.15) is 17.5 Å². The van der Waals surface area contributed by atoms with E-state index in [1.165, 1.54) is 6.33 Å². The van der Waals surface area contributed by atoms with Crippen LogP contribution in [0.15, 0.2) is 73.1 Å². The Labute approximate surface area is 234 Å². The molecule has 0 aliphatic carbocycles. The van der Waals surface area contributed by atoms with Gasteiger partial charge in [0.1, 0.15) is 29.0 Å². The Hall–Kier alpha value is -4.21. The molecule has 0 unspecified atom stereocenters. The summed E-state index contributed by atoms with van der Waals surface area (Å²) in [6, 6.07) is 21.0. The van der Waals surface area contributed by atoms with Gasteiger partial charge in [-0.05, 0) is 29.7 Å². The number of nitrogens with zero attached hydrogens (tertiary/aromatic N) is 3. The average Bonchev–Trinajstić information content (AvgIpc) is 2.99. The second-order valence-corrected chi connectivity index (χ2v) is 9.54. The summed E-state index contributed by atoms with van der Waals surface area (Å²) < 4.78 is 23.3. The first kappa shape index (κ1) is 27.4. The smallest absolute Gasteiger partial charge is 0.233 e. The van der Waals surface area contributed by atoms with E-state index in [1.807, 2.05) is 66.7 Å². The van der Waals surface area contributed by atoms with Crippen LogP contribution in [0.2, 0.25) is 0 Å². The van der Waals surface area contributed by atoms with E-state index in [0.29, 0.717) is 47.2 Å². The fourth-order valence-electron chi connectivity index (χ4n) is 4.60. The summed E-state index contributed by atoms with van der Waals surface area (Å²) in [5.74, 6) is 2.12. The maximum Gasteiger partial charge on any atom is 0.233 e. The van der Waals surface area contributed by atoms with Gasteiger partial charge in [-0.2, -0.15) is 0 Å². The SMILES string of the molecule is COc1cc(OCCCN2CCOCC2)cc2ncnc(Oc3cccc(CC(=O)NCc4ccccc4)c3)c12. The summed E-state index contributed by atoms with van der Waals surface area (Å²) in [7, 11) is 1.60. The second-order valence-electron chi connectivity index (χ2n) is 9.54. The predicted molar refractivity (Wildman–Crippen MR) is 152 cm³/mol. The van der Waals surface area contributed by atoms with Crippen molar-refractivity contribution in [3.8, 4) is 23.1 Å². The van der Waals surface area contributed by atoms with Gasteiger partial charge in [-0.15, -0.1) is 0 Å². The summed E-state index contributed by atoms with van der Waals surface area (Å²) in [5.41, 5.74) is 2.55. The van der Waals surface area contributed by atoms with Crippen molar-refractivity contribution < 1.29 is 23.7 Å². The molecule has 40 heavy (non-hydrogen) atoms. The molecule has 1 saturated heterocycles. The molecule has 1 aliphatic heterocycles. The Kier molecular flexibility index (Phi) is 9.39. The van der Waals surface area contributed by atoms with E-state index in [-0.39, 0.29) is 12.3 Å². The first-order valence-corrected chi connectivity index (χ1v) is 13.5. The van der Waals surface area contributed by atoms with Gasteiger partial charge in [0.15, 0.2) is 0 Å². The molecule has 1 amide bonds. The van der Waals surface area contributed by atoms with Crippen molar-refractivity contribution in [1.82, 2.24) is 20.2 Å². The Morgan fingerprint density at radius 3 is 2.62 bits per heavy atom. The van der Waals surface area contributed by atoms with Gasteiger partial charge in [-0.3, -0.25) is 9.69 Å². The number of rotatable bonds is 12. The standard InChI is InChI=1S/C31H34N4O5/c1-37-28-20-26(39-14-6-11-35-12-15-38-16-13-35)19-27-30(28)31(34-22-33-27)40-25-10-5-9-24(17-25)18-29(36)32-21-23-7-3-2-4-8-23/h2-5,7-10,17,19-20,22H,6,11-16,18,21H2,1H3,(H,32,36). The normalized spacial score (nSPS) is 13.6. The molecule has 0 saturated carbocycles. The van der Waals surface area contributed by atoms with Gasteiger partial charge < -0.3 is 24.3 Å². The van der Waals surface area contributed by atoms with E-state index in [0.717, 1.165) is 50.4 Å². The minimum atomic E-state index is -0.0624. The Balaban J connectivity index is 1.23. The lowest BCUT2D eigenvalue weighted by Crippen LogP contribution is -2.37. The third kappa shape index (κ3) is 7.46. The van der Waals surface area contributed by atoms with E-state index in [1.54, 1.807) is 7.11 Å². The molecule has 1 fully saturated rings. The molecule has 0 atom stereocenters. The number of carbonyl (C=O) groups excluding carboxylic acids is 1. The highest BCUT2D eigenvalue weighted by molar-refractivity contribution is 5.91. The van der Waals surface area contributed by atoms with Gasteiger partial charge in [0.25, 0.3) is 0 Å². The molecule has 9 heteroatoms. The van der Waals surface area contributed by atoms with Crippen LogP contribution >= 0.6 is 0 Å². The molecule has 0 radical (unpaired) electrons. The molecular formula is C31H34N4O5. The van der Waals surface area contributed by atoms with Crippen LogP contribution in [-0.4, -0.2) is 67.3 Å². The molecule has 5 rings (SSSR count). The maximum absolute atomic E-state index is 12.5. The number of ether oxygens (including phenoxy) is 4. The van der Waals surface area contributed by atoms with Crippen LogP contribution in [0, 0.1) is 0 Å². The number of carbonyl (C=O) groups is 1. The number of amides is 1. The lowest BCUT2D eigenvalue weighted by Gasteiger charge is -2.26. The molecule has 1 N–H and O–H groups in total. The summed E-state index contributed by atoms with van der Waals surface area (Å²) in [4.78, 5) is 23.7. The van der Waals surface area contributed by atoms with Crippen molar-refractivity contribution in [2.75, 3.05) is 46.6 Å². The average molecular weight is 543 g/mol. The van der Waals surface area contributed by atoms with Gasteiger partial charge in [-0.25, -0.2) is 9.97 Å². The third-order valence-corrected chi connectivity index (χ3v) is 6.66. The van der Waals surface area contributed by atoms with Crippen molar-refractivity contribution in [2.24, 2.45) is 0 Å². The summed E-state index contributed by atoms with van der Waals surface area (Å²) in [5, 5.41) is 3.61. The lowest BCUT2D eigenvalue weighted by molar-refractivity contribution is -0.120. The fraction of sp³-hybridized carbons (Fsp3) is 0.323. The highest BCUT2D eigenvalue weighted by atomic mass is 16.5. The van der Waals surface area contributed by atoms with Gasteiger partial charge in [0.2, 0.25) is 11.8 Å². The number of fused-ring (bicyclic) bond motifs is 1. The fourth-order valence-corrected chi connectivity index (χ4v) is 4.60. The largest absolute Gasteiger partial charge is 0.496 e. The molecular weight excluding hydrogens is 508 g/mol. The van der Waals surface area contributed by atoms with Crippen LogP contribution in [0.4, 0.5) is 0 Å². The lowest BCUT2D eigenvalue weighted by atomic mass is 10.1. The van der Waals surface area contributed by atoms with Gasteiger partial charge in [0, 0.05) is 38.3 Å². The van der Waals surface area contributed by atoms with E-state index in [4.69, 9.17) is 18.9 Å². The van der Waals surface area contributed by atoms with Crippen molar-refractivity contribution >= 4 is 16.8 Å². The predicted octanol–water partition coefficient (Wildman–Crippen LogP) is 4.39. The number of hydrogen-bond donors (Lipinski definition) is 1. The first-order chi connectivity index (χ1) is 19.7. The van der Waals surface area contributed by atoms with Crippen LogP contribution in [0.3, 0.4) is 0 Å². The topological polar surface area (TPSA) is 95.0 Å². The molecule has 0 spiro atoms. The van der Waals surface area contributed by atoms with E-state index in [9.17, 15) is 4.79 Å². The molecule has 208 valence electrons. The van der Waals surface area contributed by atoms with E-state index < -0.39 is 0 Å². The van der Waals surface area contributed by atoms with Crippen LogP contribution in [-0.2, 0) is 22.5 Å². The zero-order valence-corrected chi connectivity index (χ0v) is 22.7. The first-order valence-electron chi connectivity index (χ1n) is 13.5. The summed E-state index contributed by atoms with van der Waals surface area (Å²) in [6.45, 7) is 5.57. The minimum absolute atomic E-state index is 0.0624. The molecule has 2 heterocycles. The Bertz CT molecular complexity index is 1410. The van der Waals surface area contributed by atoms with Gasteiger partial charge in [-0.1, -0.05) is 42.5 Å². The molecule has 0 bridgehead atoms. The number of nitrogens with one attached hydrogen (secondary N) is 1. The number of morpholine rings is 1. The molecule has 9 nitrogen and oxygen atoms in total. The third-order valence-electron chi connectivity index (χ3n) is 6.66. The number of benzene rings is 3. The van der Waals surface area contributed by atoms with Crippen molar-refractivity contribution in [3.63, 3.8) is 0 Å². The van der Waals surface area contributed by atoms with Crippen molar-refractivity contribution in [3.05, 3.63) is 84.2 Å². The van der Waals surface area contributed by atoms with E-state index in [2.05, 4.69) is 20.2 Å². The minimum Gasteiger partial charge on any atom is -0.496 e. The molecule has 1 aromatic heterocycles. The van der Waals surface area contributed by atoms with Crippen molar-refractivity contribution in [1.29, 1.82) is 0 Å². The summed E-state index contributed by atoms with van der Waals surface area (Å²) >= 11 is 0. The van der Waals surface area contributed by atoms with Crippen LogP contribution in [0.25, 0.3) is 10.9 Å². The number of methoxy groups -OCH3 is 1. The van der Waals surface area contributed by atoms with Crippen LogP contribution in [0.5, 0.6) is 23.1 Å². The zero-order valence-electron chi connectivity index (χ0n) is 22.7. The number of aromatic nitrogens is 2. The monoisotopic (exact) mass is 542 g/mol. The second kappa shape index (κ2) is 13.7. The molecule has 1 aliphatic rings. The van der Waals surface area contributed by atoms with Crippen LogP contribution < -0.4 is 19.5 Å². The Morgan fingerprint density at radius 2 is 1.80 bits per heavy atom. The van der Waals surface area contributed by atoms with E-state index >= 15 is 0 Å². The van der Waals surface area contributed by atoms with Gasteiger partial charge >= 0.3 is 0 Å². The highest BCUT2D eigenvalue weighted by Gasteiger charge is 2.16. The number of hydrogen-bond acceptors (Lipinski definition) is 8. The summed E-state index contributed by atoms with van der Waals surface area (Å²) in [6.07, 6.45) is 2.61. The molecule has 4 aromatic rings.